The molecule has 0 saturated heterocycles. The molecule has 1 N–H and O–H groups in total. The molecule has 5 nitrogen and oxygen atoms in total. The van der Waals surface area contributed by atoms with Gasteiger partial charge in [0.15, 0.2) is 0 Å². The van der Waals surface area contributed by atoms with Crippen LogP contribution < -0.4 is 5.32 Å². The number of hydrogen-bond donors (Lipinski definition) is 1. The molecule has 1 aromatic carbocycles. The van der Waals surface area contributed by atoms with E-state index in [9.17, 15) is 0 Å². The highest BCUT2D eigenvalue weighted by molar-refractivity contribution is 6.30. The molecule has 0 aliphatic rings. The SMILES string of the molecule is Cc1noc2ncnc(NCc3cccc(Cl)c3)c12. The zero-order valence-corrected chi connectivity index (χ0v) is 11.0. The van der Waals surface area contributed by atoms with Gasteiger partial charge in [0, 0.05) is 11.6 Å². The van der Waals surface area contributed by atoms with Crippen molar-refractivity contribution in [3.8, 4) is 0 Å². The van der Waals surface area contributed by atoms with Crippen LogP contribution in [0.4, 0.5) is 5.82 Å². The van der Waals surface area contributed by atoms with Crippen molar-refractivity contribution in [1.82, 2.24) is 15.1 Å². The van der Waals surface area contributed by atoms with Crippen LogP contribution in [0.5, 0.6) is 0 Å². The Hall–Kier alpha value is -2.14. The lowest BCUT2D eigenvalue weighted by Gasteiger charge is -2.06. The average Bonchev–Trinajstić information content (AvgIpc) is 2.79. The molecule has 96 valence electrons. The quantitative estimate of drug-likeness (QED) is 0.795. The molecule has 0 fully saturated rings. The van der Waals surface area contributed by atoms with Crippen LogP contribution in [0.25, 0.3) is 11.1 Å². The van der Waals surface area contributed by atoms with Crippen molar-refractivity contribution in [3.63, 3.8) is 0 Å². The van der Waals surface area contributed by atoms with Gasteiger partial charge in [-0.3, -0.25) is 0 Å². The Bertz CT molecular complexity index is 725. The molecule has 0 radical (unpaired) electrons. The standard InChI is InChI=1S/C13H11ClN4O/c1-8-11-12(16-7-17-13(11)19-18-8)15-6-9-3-2-4-10(14)5-9/h2-5,7H,6H2,1H3,(H,15,16,17). The molecular formula is C13H11ClN4O. The van der Waals surface area contributed by atoms with Gasteiger partial charge in [0.1, 0.15) is 17.5 Å². The second-order valence-corrected chi connectivity index (χ2v) is 4.59. The number of aromatic nitrogens is 3. The number of nitrogens with zero attached hydrogens (tertiary/aromatic N) is 3. The van der Waals surface area contributed by atoms with E-state index in [1.54, 1.807) is 0 Å². The number of nitrogens with one attached hydrogen (secondary N) is 1. The van der Waals surface area contributed by atoms with Crippen molar-refractivity contribution in [1.29, 1.82) is 0 Å². The molecular weight excluding hydrogens is 264 g/mol. The maximum Gasteiger partial charge on any atom is 0.263 e. The molecule has 0 atom stereocenters. The second-order valence-electron chi connectivity index (χ2n) is 4.15. The zero-order valence-electron chi connectivity index (χ0n) is 10.2. The van der Waals surface area contributed by atoms with E-state index in [-0.39, 0.29) is 0 Å². The Balaban J connectivity index is 1.88. The van der Waals surface area contributed by atoms with E-state index in [1.165, 1.54) is 6.33 Å². The Morgan fingerprint density at radius 3 is 3.05 bits per heavy atom. The number of benzene rings is 1. The highest BCUT2D eigenvalue weighted by Crippen LogP contribution is 2.23. The van der Waals surface area contributed by atoms with Crippen LogP contribution in [0.1, 0.15) is 11.3 Å². The normalized spacial score (nSPS) is 10.8. The highest BCUT2D eigenvalue weighted by Gasteiger charge is 2.11. The molecule has 0 unspecified atom stereocenters. The summed E-state index contributed by atoms with van der Waals surface area (Å²) in [6.45, 7) is 2.48. The molecule has 0 bridgehead atoms. The molecule has 0 aliphatic heterocycles. The first-order valence-corrected chi connectivity index (χ1v) is 6.17. The minimum absolute atomic E-state index is 0.487. The van der Waals surface area contributed by atoms with Gasteiger partial charge in [0.2, 0.25) is 0 Å². The Kier molecular flexibility index (Phi) is 3.05. The zero-order chi connectivity index (χ0) is 13.2. The van der Waals surface area contributed by atoms with Gasteiger partial charge in [-0.25, -0.2) is 4.98 Å². The van der Waals surface area contributed by atoms with E-state index in [0.717, 1.165) is 16.6 Å². The van der Waals surface area contributed by atoms with Crippen LogP contribution in [-0.4, -0.2) is 15.1 Å². The van der Waals surface area contributed by atoms with E-state index in [0.29, 0.717) is 23.1 Å². The second kappa shape index (κ2) is 4.85. The van der Waals surface area contributed by atoms with Crippen LogP contribution in [0.15, 0.2) is 35.1 Å². The predicted molar refractivity (Wildman–Crippen MR) is 73.1 cm³/mol. The highest BCUT2D eigenvalue weighted by atomic mass is 35.5. The topological polar surface area (TPSA) is 63.8 Å². The van der Waals surface area contributed by atoms with E-state index < -0.39 is 0 Å². The average molecular weight is 275 g/mol. The number of aryl methyl sites for hydroxylation is 1. The molecule has 2 heterocycles. The van der Waals surface area contributed by atoms with Crippen LogP contribution >= 0.6 is 11.6 Å². The van der Waals surface area contributed by atoms with Crippen LogP contribution in [0.3, 0.4) is 0 Å². The van der Waals surface area contributed by atoms with E-state index in [4.69, 9.17) is 16.1 Å². The van der Waals surface area contributed by atoms with Gasteiger partial charge in [-0.1, -0.05) is 28.9 Å². The van der Waals surface area contributed by atoms with Crippen molar-refractivity contribution >= 4 is 28.5 Å². The van der Waals surface area contributed by atoms with Gasteiger partial charge >= 0.3 is 0 Å². The lowest BCUT2D eigenvalue weighted by atomic mass is 10.2. The number of halogens is 1. The third kappa shape index (κ3) is 2.37. The Morgan fingerprint density at radius 1 is 1.32 bits per heavy atom. The van der Waals surface area contributed by atoms with Crippen molar-refractivity contribution in [2.45, 2.75) is 13.5 Å². The Labute approximate surface area is 114 Å². The first-order valence-electron chi connectivity index (χ1n) is 5.79. The summed E-state index contributed by atoms with van der Waals surface area (Å²) in [5.74, 6) is 0.712. The largest absolute Gasteiger partial charge is 0.365 e. The fraction of sp³-hybridized carbons (Fsp3) is 0.154. The van der Waals surface area contributed by atoms with Crippen LogP contribution in [-0.2, 0) is 6.54 Å². The molecule has 0 spiro atoms. The number of hydrogen-bond acceptors (Lipinski definition) is 5. The first-order chi connectivity index (χ1) is 9.24. The van der Waals surface area contributed by atoms with Gasteiger partial charge in [-0.2, -0.15) is 4.98 Å². The van der Waals surface area contributed by atoms with Crippen molar-refractivity contribution in [3.05, 3.63) is 46.9 Å². The van der Waals surface area contributed by atoms with Gasteiger partial charge in [-0.05, 0) is 24.6 Å². The molecule has 2 aromatic heterocycles. The minimum Gasteiger partial charge on any atom is -0.365 e. The summed E-state index contributed by atoms with van der Waals surface area (Å²) in [6, 6.07) is 7.67. The van der Waals surface area contributed by atoms with Crippen molar-refractivity contribution in [2.75, 3.05) is 5.32 Å². The summed E-state index contributed by atoms with van der Waals surface area (Å²) in [4.78, 5) is 8.25. The van der Waals surface area contributed by atoms with E-state index in [1.807, 2.05) is 31.2 Å². The molecule has 6 heteroatoms. The molecule has 19 heavy (non-hydrogen) atoms. The summed E-state index contributed by atoms with van der Waals surface area (Å²) < 4.78 is 5.10. The lowest BCUT2D eigenvalue weighted by Crippen LogP contribution is -2.02. The summed E-state index contributed by atoms with van der Waals surface area (Å²) in [7, 11) is 0. The molecule has 0 aliphatic carbocycles. The number of rotatable bonds is 3. The lowest BCUT2D eigenvalue weighted by molar-refractivity contribution is 0.442. The Morgan fingerprint density at radius 2 is 2.21 bits per heavy atom. The number of fused-ring (bicyclic) bond motifs is 1. The molecule has 3 rings (SSSR count). The minimum atomic E-state index is 0.487. The predicted octanol–water partition coefficient (Wildman–Crippen LogP) is 3.19. The third-order valence-electron chi connectivity index (χ3n) is 2.79. The summed E-state index contributed by atoms with van der Waals surface area (Å²) in [5, 5.41) is 8.66. The van der Waals surface area contributed by atoms with Gasteiger partial charge < -0.3 is 9.84 Å². The van der Waals surface area contributed by atoms with Gasteiger partial charge in [0.05, 0.1) is 5.69 Å². The van der Waals surface area contributed by atoms with E-state index >= 15 is 0 Å². The van der Waals surface area contributed by atoms with Crippen LogP contribution in [0, 0.1) is 6.92 Å². The monoisotopic (exact) mass is 274 g/mol. The molecule has 0 amide bonds. The fourth-order valence-corrected chi connectivity index (χ4v) is 2.10. The molecule has 0 saturated carbocycles. The van der Waals surface area contributed by atoms with Crippen LogP contribution in [0.2, 0.25) is 5.02 Å². The smallest absolute Gasteiger partial charge is 0.263 e. The number of anilines is 1. The van der Waals surface area contributed by atoms with Gasteiger partial charge in [0.25, 0.3) is 5.71 Å². The van der Waals surface area contributed by atoms with Crippen molar-refractivity contribution in [2.24, 2.45) is 0 Å². The van der Waals surface area contributed by atoms with E-state index in [2.05, 4.69) is 20.4 Å². The maximum atomic E-state index is 5.95. The summed E-state index contributed by atoms with van der Waals surface area (Å²) in [5.41, 5.74) is 2.33. The van der Waals surface area contributed by atoms with Crippen molar-refractivity contribution < 1.29 is 4.52 Å². The third-order valence-corrected chi connectivity index (χ3v) is 3.03. The first kappa shape index (κ1) is 11.9. The summed E-state index contributed by atoms with van der Waals surface area (Å²) >= 11 is 5.95. The molecule has 3 aromatic rings. The summed E-state index contributed by atoms with van der Waals surface area (Å²) in [6.07, 6.45) is 1.45. The van der Waals surface area contributed by atoms with Gasteiger partial charge in [-0.15, -0.1) is 0 Å². The maximum absolute atomic E-state index is 5.95. The fourth-order valence-electron chi connectivity index (χ4n) is 1.89.